The Labute approximate surface area is 123 Å². The number of rotatable bonds is 4. The van der Waals surface area contributed by atoms with Gasteiger partial charge < -0.3 is 15.1 Å². The van der Waals surface area contributed by atoms with Gasteiger partial charge in [-0.3, -0.25) is 4.79 Å². The molecule has 116 valence electrons. The van der Waals surface area contributed by atoms with Gasteiger partial charge in [0.1, 0.15) is 0 Å². The number of piperidine rings is 1. The van der Waals surface area contributed by atoms with Crippen LogP contribution in [0.15, 0.2) is 0 Å². The van der Waals surface area contributed by atoms with Gasteiger partial charge in [0.2, 0.25) is 5.91 Å². The third kappa shape index (κ3) is 3.95. The highest BCUT2D eigenvalue weighted by atomic mass is 16.2. The number of carbonyl (C=O) groups is 1. The van der Waals surface area contributed by atoms with Gasteiger partial charge in [0.25, 0.3) is 0 Å². The monoisotopic (exact) mass is 281 g/mol. The molecular weight excluding hydrogens is 250 g/mol. The molecule has 1 amide bonds. The van der Waals surface area contributed by atoms with Crippen LogP contribution in [0.25, 0.3) is 0 Å². The van der Waals surface area contributed by atoms with Crippen molar-refractivity contribution in [2.75, 3.05) is 26.2 Å². The normalized spacial score (nSPS) is 25.9. The van der Waals surface area contributed by atoms with Crippen LogP contribution in [0, 0.1) is 5.92 Å². The molecule has 0 bridgehead atoms. The predicted molar refractivity (Wildman–Crippen MR) is 82.7 cm³/mol. The second kappa shape index (κ2) is 6.90. The van der Waals surface area contributed by atoms with E-state index in [1.165, 1.54) is 0 Å². The SMILES string of the molecule is CC(C)NC1CCN(C(=O)[C@@H]2CCN(C(C)C)C2)CC1. The number of likely N-dealkylation sites (tertiary alicyclic amines) is 2. The molecule has 0 spiro atoms. The van der Waals surface area contributed by atoms with E-state index in [-0.39, 0.29) is 5.92 Å². The summed E-state index contributed by atoms with van der Waals surface area (Å²) in [5.74, 6) is 0.642. The third-order valence-corrected chi connectivity index (χ3v) is 4.67. The summed E-state index contributed by atoms with van der Waals surface area (Å²) in [7, 11) is 0. The van der Waals surface area contributed by atoms with Gasteiger partial charge in [-0.05, 0) is 39.7 Å². The van der Waals surface area contributed by atoms with E-state index < -0.39 is 0 Å². The molecule has 0 saturated carbocycles. The third-order valence-electron chi connectivity index (χ3n) is 4.67. The average Bonchev–Trinajstić information content (AvgIpc) is 2.88. The summed E-state index contributed by atoms with van der Waals surface area (Å²) in [6.45, 7) is 12.7. The van der Waals surface area contributed by atoms with Gasteiger partial charge in [0, 0.05) is 37.8 Å². The molecular formula is C16H31N3O. The minimum absolute atomic E-state index is 0.243. The van der Waals surface area contributed by atoms with Crippen molar-refractivity contribution in [2.24, 2.45) is 5.92 Å². The summed E-state index contributed by atoms with van der Waals surface area (Å²) in [5.41, 5.74) is 0. The summed E-state index contributed by atoms with van der Waals surface area (Å²) < 4.78 is 0. The molecule has 4 heteroatoms. The minimum atomic E-state index is 0.243. The van der Waals surface area contributed by atoms with E-state index in [0.717, 1.165) is 45.4 Å². The van der Waals surface area contributed by atoms with Crippen LogP contribution in [0.4, 0.5) is 0 Å². The lowest BCUT2D eigenvalue weighted by molar-refractivity contribution is -0.136. The van der Waals surface area contributed by atoms with Crippen LogP contribution in [0.3, 0.4) is 0 Å². The van der Waals surface area contributed by atoms with Crippen LogP contribution in [0.5, 0.6) is 0 Å². The Bertz CT molecular complexity index is 322. The van der Waals surface area contributed by atoms with E-state index in [2.05, 4.69) is 42.8 Å². The van der Waals surface area contributed by atoms with Gasteiger partial charge in [-0.1, -0.05) is 13.8 Å². The van der Waals surface area contributed by atoms with Gasteiger partial charge in [-0.15, -0.1) is 0 Å². The van der Waals surface area contributed by atoms with E-state index in [0.29, 0.717) is 24.0 Å². The zero-order chi connectivity index (χ0) is 14.7. The highest BCUT2D eigenvalue weighted by Gasteiger charge is 2.33. The second-order valence-corrected chi connectivity index (χ2v) is 7.00. The molecule has 1 atom stereocenters. The van der Waals surface area contributed by atoms with Crippen molar-refractivity contribution in [2.45, 2.75) is 65.1 Å². The Hall–Kier alpha value is -0.610. The van der Waals surface area contributed by atoms with Crippen molar-refractivity contribution in [3.05, 3.63) is 0 Å². The Morgan fingerprint density at radius 3 is 2.20 bits per heavy atom. The summed E-state index contributed by atoms with van der Waals surface area (Å²) >= 11 is 0. The van der Waals surface area contributed by atoms with E-state index in [1.807, 2.05) is 0 Å². The molecule has 2 rings (SSSR count). The van der Waals surface area contributed by atoms with Crippen LogP contribution < -0.4 is 5.32 Å². The summed E-state index contributed by atoms with van der Waals surface area (Å²) in [4.78, 5) is 17.1. The minimum Gasteiger partial charge on any atom is -0.342 e. The molecule has 0 aliphatic carbocycles. The molecule has 2 aliphatic heterocycles. The van der Waals surface area contributed by atoms with Crippen LogP contribution in [0.1, 0.15) is 47.0 Å². The lowest BCUT2D eigenvalue weighted by Gasteiger charge is -2.35. The fourth-order valence-corrected chi connectivity index (χ4v) is 3.45. The number of nitrogens with one attached hydrogen (secondary N) is 1. The van der Waals surface area contributed by atoms with Crippen LogP contribution in [-0.2, 0) is 4.79 Å². The van der Waals surface area contributed by atoms with E-state index >= 15 is 0 Å². The molecule has 0 radical (unpaired) electrons. The van der Waals surface area contributed by atoms with Gasteiger partial charge in [0.15, 0.2) is 0 Å². The maximum absolute atomic E-state index is 12.6. The topological polar surface area (TPSA) is 35.6 Å². The quantitative estimate of drug-likeness (QED) is 0.852. The zero-order valence-electron chi connectivity index (χ0n) is 13.6. The van der Waals surface area contributed by atoms with Crippen molar-refractivity contribution in [1.82, 2.24) is 15.1 Å². The fourth-order valence-electron chi connectivity index (χ4n) is 3.45. The molecule has 2 heterocycles. The van der Waals surface area contributed by atoms with Gasteiger partial charge >= 0.3 is 0 Å². The molecule has 2 saturated heterocycles. The highest BCUT2D eigenvalue weighted by molar-refractivity contribution is 5.79. The summed E-state index contributed by atoms with van der Waals surface area (Å²) in [6.07, 6.45) is 3.25. The fraction of sp³-hybridized carbons (Fsp3) is 0.938. The Kier molecular flexibility index (Phi) is 5.44. The molecule has 0 aromatic rings. The smallest absolute Gasteiger partial charge is 0.227 e. The van der Waals surface area contributed by atoms with E-state index in [9.17, 15) is 4.79 Å². The Morgan fingerprint density at radius 1 is 1.05 bits per heavy atom. The maximum Gasteiger partial charge on any atom is 0.227 e. The van der Waals surface area contributed by atoms with Crippen molar-refractivity contribution in [3.63, 3.8) is 0 Å². The van der Waals surface area contributed by atoms with Crippen molar-refractivity contribution in [3.8, 4) is 0 Å². The molecule has 4 nitrogen and oxygen atoms in total. The lowest BCUT2D eigenvalue weighted by atomic mass is 10.0. The van der Waals surface area contributed by atoms with Gasteiger partial charge in [-0.25, -0.2) is 0 Å². The van der Waals surface area contributed by atoms with Crippen LogP contribution in [0.2, 0.25) is 0 Å². The van der Waals surface area contributed by atoms with Crippen LogP contribution in [-0.4, -0.2) is 60.0 Å². The molecule has 1 N–H and O–H groups in total. The predicted octanol–water partition coefficient (Wildman–Crippen LogP) is 1.71. The van der Waals surface area contributed by atoms with Gasteiger partial charge in [-0.2, -0.15) is 0 Å². The first kappa shape index (κ1) is 15.8. The van der Waals surface area contributed by atoms with E-state index in [4.69, 9.17) is 0 Å². The molecule has 2 aliphatic rings. The number of amides is 1. The van der Waals surface area contributed by atoms with Gasteiger partial charge in [0.05, 0.1) is 5.92 Å². The molecule has 2 fully saturated rings. The Balaban J connectivity index is 1.78. The summed E-state index contributed by atoms with van der Waals surface area (Å²) in [6, 6.07) is 1.69. The first-order valence-electron chi connectivity index (χ1n) is 8.26. The highest BCUT2D eigenvalue weighted by Crippen LogP contribution is 2.22. The van der Waals surface area contributed by atoms with Crippen LogP contribution >= 0.6 is 0 Å². The lowest BCUT2D eigenvalue weighted by Crippen LogP contribution is -2.48. The first-order chi connectivity index (χ1) is 9.47. The Morgan fingerprint density at radius 2 is 1.70 bits per heavy atom. The molecule has 0 unspecified atom stereocenters. The van der Waals surface area contributed by atoms with Crippen molar-refractivity contribution in [1.29, 1.82) is 0 Å². The molecule has 20 heavy (non-hydrogen) atoms. The van der Waals surface area contributed by atoms with E-state index in [1.54, 1.807) is 0 Å². The molecule has 0 aromatic heterocycles. The zero-order valence-corrected chi connectivity index (χ0v) is 13.6. The first-order valence-corrected chi connectivity index (χ1v) is 8.26. The number of hydrogen-bond acceptors (Lipinski definition) is 3. The van der Waals surface area contributed by atoms with Crippen molar-refractivity contribution < 1.29 is 4.79 Å². The number of carbonyl (C=O) groups excluding carboxylic acids is 1. The molecule has 0 aromatic carbocycles. The standard InChI is InChI=1S/C16H31N3O/c1-12(2)17-15-6-9-18(10-7-15)16(20)14-5-8-19(11-14)13(3)4/h12-15,17H,5-11H2,1-4H3/t14-/m1/s1. The van der Waals surface area contributed by atoms with Crippen molar-refractivity contribution >= 4 is 5.91 Å². The maximum atomic E-state index is 12.6. The largest absolute Gasteiger partial charge is 0.342 e. The second-order valence-electron chi connectivity index (χ2n) is 7.00. The average molecular weight is 281 g/mol. The number of nitrogens with zero attached hydrogens (tertiary/aromatic N) is 2. The summed E-state index contributed by atoms with van der Waals surface area (Å²) in [5, 5.41) is 3.59. The number of hydrogen-bond donors (Lipinski definition) is 1.